The number of hydrogen-bond acceptors (Lipinski definition) is 2. The zero-order valence-corrected chi connectivity index (χ0v) is 9.23. The molecule has 0 radical (unpaired) electrons. The fourth-order valence-electron chi connectivity index (χ4n) is 1.26. The van der Waals surface area contributed by atoms with Crippen LogP contribution in [0.15, 0.2) is 24.3 Å². The molecule has 0 N–H and O–H groups in total. The maximum absolute atomic E-state index is 13.4. The fraction of sp³-hybridized carbons (Fsp3) is 0. The van der Waals surface area contributed by atoms with E-state index in [1.807, 2.05) is 0 Å². The van der Waals surface area contributed by atoms with Crippen LogP contribution < -0.4 is 0 Å². The molecular formula is C10H4Cl2F2N2. The lowest BCUT2D eigenvalue weighted by Crippen LogP contribution is -1.94. The highest BCUT2D eigenvalue weighted by atomic mass is 35.5. The molecule has 0 fully saturated rings. The van der Waals surface area contributed by atoms with E-state index in [0.29, 0.717) is 0 Å². The van der Waals surface area contributed by atoms with Gasteiger partial charge >= 0.3 is 0 Å². The van der Waals surface area contributed by atoms with Crippen LogP contribution in [0.4, 0.5) is 8.78 Å². The topological polar surface area (TPSA) is 25.8 Å². The molecule has 82 valence electrons. The van der Waals surface area contributed by atoms with Crippen molar-refractivity contribution in [1.29, 1.82) is 0 Å². The van der Waals surface area contributed by atoms with Crippen molar-refractivity contribution < 1.29 is 8.78 Å². The van der Waals surface area contributed by atoms with Crippen LogP contribution in [0.1, 0.15) is 0 Å². The van der Waals surface area contributed by atoms with Crippen molar-refractivity contribution in [3.8, 4) is 11.3 Å². The van der Waals surface area contributed by atoms with E-state index in [1.165, 1.54) is 12.1 Å². The Balaban J connectivity index is 2.67. The van der Waals surface area contributed by atoms with Crippen molar-refractivity contribution in [3.63, 3.8) is 0 Å². The fourth-order valence-corrected chi connectivity index (χ4v) is 1.67. The number of hydrogen-bond donors (Lipinski definition) is 0. The Kier molecular flexibility index (Phi) is 3.03. The van der Waals surface area contributed by atoms with Crippen LogP contribution in [0.25, 0.3) is 11.3 Å². The zero-order chi connectivity index (χ0) is 11.7. The van der Waals surface area contributed by atoms with Crippen LogP contribution in [-0.4, -0.2) is 9.97 Å². The molecule has 1 heterocycles. The number of benzene rings is 1. The van der Waals surface area contributed by atoms with E-state index < -0.39 is 11.6 Å². The van der Waals surface area contributed by atoms with Crippen LogP contribution >= 0.6 is 23.2 Å². The third kappa shape index (κ3) is 2.13. The average Bonchev–Trinajstić information content (AvgIpc) is 2.15. The molecule has 6 heteroatoms. The minimum absolute atomic E-state index is 0.0144. The summed E-state index contributed by atoms with van der Waals surface area (Å²) in [6.07, 6.45) is 0. The van der Waals surface area contributed by atoms with E-state index in [4.69, 9.17) is 23.2 Å². The minimum atomic E-state index is -0.731. The van der Waals surface area contributed by atoms with Crippen LogP contribution in [0.5, 0.6) is 0 Å². The van der Waals surface area contributed by atoms with E-state index in [0.717, 1.165) is 12.1 Å². The van der Waals surface area contributed by atoms with Gasteiger partial charge in [-0.1, -0.05) is 17.7 Å². The second-order valence-corrected chi connectivity index (χ2v) is 3.67. The Morgan fingerprint density at radius 1 is 1.00 bits per heavy atom. The Bertz CT molecular complexity index is 506. The van der Waals surface area contributed by atoms with Crippen molar-refractivity contribution in [1.82, 2.24) is 9.97 Å². The van der Waals surface area contributed by atoms with Gasteiger partial charge in [-0.25, -0.2) is 18.7 Å². The molecule has 0 atom stereocenters. The largest absolute Gasteiger partial charge is 0.224 e. The zero-order valence-electron chi connectivity index (χ0n) is 7.72. The summed E-state index contributed by atoms with van der Waals surface area (Å²) in [5.74, 6) is -1.46. The maximum atomic E-state index is 13.4. The molecule has 1 aromatic carbocycles. The molecule has 0 aliphatic carbocycles. The SMILES string of the molecule is Fc1cccc(F)c1-c1cc(Cl)nc(Cl)n1. The molecule has 0 saturated carbocycles. The van der Waals surface area contributed by atoms with Gasteiger partial charge in [-0.3, -0.25) is 0 Å². The van der Waals surface area contributed by atoms with Gasteiger partial charge in [-0.15, -0.1) is 0 Å². The first kappa shape index (κ1) is 11.2. The smallest absolute Gasteiger partial charge is 0.218 e. The Labute approximate surface area is 99.9 Å². The van der Waals surface area contributed by atoms with E-state index in [2.05, 4.69) is 9.97 Å². The molecule has 0 amide bonds. The first-order chi connectivity index (χ1) is 7.58. The number of halogens is 4. The van der Waals surface area contributed by atoms with E-state index in [9.17, 15) is 8.78 Å². The molecular weight excluding hydrogens is 257 g/mol. The standard InChI is InChI=1S/C10H4Cl2F2N2/c11-8-4-7(15-10(12)16-8)9-5(13)2-1-3-6(9)14/h1-4H. The third-order valence-corrected chi connectivity index (χ3v) is 2.25. The van der Waals surface area contributed by atoms with Crippen molar-refractivity contribution in [2.24, 2.45) is 0 Å². The number of aromatic nitrogens is 2. The van der Waals surface area contributed by atoms with Gasteiger partial charge < -0.3 is 0 Å². The van der Waals surface area contributed by atoms with Crippen molar-refractivity contribution in [2.45, 2.75) is 0 Å². The summed E-state index contributed by atoms with van der Waals surface area (Å²) < 4.78 is 26.8. The van der Waals surface area contributed by atoms with Crippen LogP contribution in [0, 0.1) is 11.6 Å². The van der Waals surface area contributed by atoms with Crippen molar-refractivity contribution in [2.75, 3.05) is 0 Å². The summed E-state index contributed by atoms with van der Waals surface area (Å²) in [7, 11) is 0. The van der Waals surface area contributed by atoms with E-state index in [1.54, 1.807) is 0 Å². The highest BCUT2D eigenvalue weighted by Crippen LogP contribution is 2.26. The second kappa shape index (κ2) is 4.31. The average molecular weight is 261 g/mol. The van der Waals surface area contributed by atoms with Crippen LogP contribution in [-0.2, 0) is 0 Å². The van der Waals surface area contributed by atoms with Gasteiger partial charge in [0.2, 0.25) is 5.28 Å². The Hall–Kier alpha value is -1.26. The minimum Gasteiger partial charge on any atom is -0.218 e. The summed E-state index contributed by atoms with van der Waals surface area (Å²) >= 11 is 11.2. The first-order valence-corrected chi connectivity index (χ1v) is 4.98. The van der Waals surface area contributed by atoms with Gasteiger partial charge in [0.1, 0.15) is 16.8 Å². The normalized spacial score (nSPS) is 10.5. The Morgan fingerprint density at radius 2 is 1.62 bits per heavy atom. The first-order valence-electron chi connectivity index (χ1n) is 4.22. The molecule has 1 aromatic heterocycles. The summed E-state index contributed by atoms with van der Waals surface area (Å²) in [5.41, 5.74) is -0.255. The quantitative estimate of drug-likeness (QED) is 0.577. The molecule has 2 aromatic rings. The van der Waals surface area contributed by atoms with Gasteiger partial charge in [0.25, 0.3) is 0 Å². The number of nitrogens with zero attached hydrogens (tertiary/aromatic N) is 2. The molecule has 0 saturated heterocycles. The maximum Gasteiger partial charge on any atom is 0.224 e. The summed E-state index contributed by atoms with van der Waals surface area (Å²) in [4.78, 5) is 7.31. The predicted octanol–water partition coefficient (Wildman–Crippen LogP) is 3.73. The van der Waals surface area contributed by atoms with Crippen LogP contribution in [0.3, 0.4) is 0 Å². The van der Waals surface area contributed by atoms with Crippen LogP contribution in [0.2, 0.25) is 10.4 Å². The summed E-state index contributed by atoms with van der Waals surface area (Å²) in [5, 5.41) is -0.136. The van der Waals surface area contributed by atoms with Gasteiger partial charge in [-0.2, -0.15) is 0 Å². The number of rotatable bonds is 1. The van der Waals surface area contributed by atoms with Gasteiger partial charge in [0, 0.05) is 6.07 Å². The Morgan fingerprint density at radius 3 is 2.19 bits per heavy atom. The van der Waals surface area contributed by atoms with Gasteiger partial charge in [0.05, 0.1) is 11.3 Å². The lowest BCUT2D eigenvalue weighted by atomic mass is 10.1. The highest BCUT2D eigenvalue weighted by Gasteiger charge is 2.13. The lowest BCUT2D eigenvalue weighted by Gasteiger charge is -2.04. The van der Waals surface area contributed by atoms with E-state index >= 15 is 0 Å². The molecule has 0 bridgehead atoms. The molecule has 2 nitrogen and oxygen atoms in total. The van der Waals surface area contributed by atoms with Gasteiger partial charge in [0.15, 0.2) is 0 Å². The van der Waals surface area contributed by atoms with Gasteiger partial charge in [-0.05, 0) is 23.7 Å². The second-order valence-electron chi connectivity index (χ2n) is 2.94. The summed E-state index contributed by atoms with van der Waals surface area (Å²) in [6.45, 7) is 0. The van der Waals surface area contributed by atoms with Crippen molar-refractivity contribution >= 4 is 23.2 Å². The monoisotopic (exact) mass is 260 g/mol. The lowest BCUT2D eigenvalue weighted by molar-refractivity contribution is 0.588. The predicted molar refractivity (Wildman–Crippen MR) is 57.4 cm³/mol. The third-order valence-electron chi connectivity index (χ3n) is 1.89. The molecule has 0 spiro atoms. The molecule has 0 aliphatic heterocycles. The molecule has 0 unspecified atom stereocenters. The molecule has 0 aliphatic rings. The summed E-state index contributed by atoms with van der Waals surface area (Å²) in [6, 6.07) is 4.76. The van der Waals surface area contributed by atoms with E-state index in [-0.39, 0.29) is 21.7 Å². The highest BCUT2D eigenvalue weighted by molar-refractivity contribution is 6.32. The molecule has 2 rings (SSSR count). The van der Waals surface area contributed by atoms with Crippen molar-refractivity contribution in [3.05, 3.63) is 46.3 Å². The molecule has 16 heavy (non-hydrogen) atoms.